The van der Waals surface area contributed by atoms with Crippen molar-refractivity contribution in [3.8, 4) is 0 Å². The van der Waals surface area contributed by atoms with Gasteiger partial charge in [0.05, 0.1) is 5.56 Å². The quantitative estimate of drug-likeness (QED) is 0.726. The summed E-state index contributed by atoms with van der Waals surface area (Å²) >= 11 is 0. The Hall–Kier alpha value is -2.70. The zero-order valence-electron chi connectivity index (χ0n) is 11.7. The zero-order chi connectivity index (χ0) is 16.3. The molecule has 4 N–H and O–H groups in total. The van der Waals surface area contributed by atoms with E-state index in [0.717, 1.165) is 17.7 Å². The molecule has 7 heteroatoms. The number of hydrogen-bond acceptors (Lipinski definition) is 2. The summed E-state index contributed by atoms with van der Waals surface area (Å²) in [6, 6.07) is 9.61. The number of nitrogen functional groups attached to an aromatic ring is 1. The fourth-order valence-electron chi connectivity index (χ4n) is 1.90. The van der Waals surface area contributed by atoms with Gasteiger partial charge in [-0.2, -0.15) is 13.2 Å². The first-order chi connectivity index (χ1) is 10.3. The summed E-state index contributed by atoms with van der Waals surface area (Å²) in [4.78, 5) is 11.8. The number of anilines is 3. The number of urea groups is 1. The van der Waals surface area contributed by atoms with E-state index in [0.29, 0.717) is 5.69 Å². The number of hydrogen-bond donors (Lipinski definition) is 3. The average molecular weight is 309 g/mol. The molecular weight excluding hydrogens is 295 g/mol. The first-order valence-corrected chi connectivity index (χ1v) is 6.37. The van der Waals surface area contributed by atoms with Crippen molar-refractivity contribution in [1.82, 2.24) is 0 Å². The number of benzene rings is 2. The molecule has 0 bridgehead atoms. The molecule has 22 heavy (non-hydrogen) atoms. The second-order valence-electron chi connectivity index (χ2n) is 4.75. The Balaban J connectivity index is 2.12. The van der Waals surface area contributed by atoms with E-state index in [9.17, 15) is 18.0 Å². The van der Waals surface area contributed by atoms with Crippen LogP contribution in [0.3, 0.4) is 0 Å². The van der Waals surface area contributed by atoms with E-state index in [4.69, 9.17) is 5.73 Å². The van der Waals surface area contributed by atoms with Gasteiger partial charge in [0.2, 0.25) is 0 Å². The van der Waals surface area contributed by atoms with Gasteiger partial charge in [0.1, 0.15) is 0 Å². The number of carbonyl (C=O) groups is 1. The lowest BCUT2D eigenvalue weighted by Crippen LogP contribution is -2.20. The number of halogens is 3. The monoisotopic (exact) mass is 309 g/mol. The third kappa shape index (κ3) is 3.91. The van der Waals surface area contributed by atoms with E-state index in [2.05, 4.69) is 10.6 Å². The molecule has 4 nitrogen and oxygen atoms in total. The minimum absolute atomic E-state index is 0.00618. The summed E-state index contributed by atoms with van der Waals surface area (Å²) < 4.78 is 38.2. The van der Waals surface area contributed by atoms with Crippen molar-refractivity contribution in [2.24, 2.45) is 0 Å². The predicted octanol–water partition coefficient (Wildman–Crippen LogP) is 4.24. The van der Waals surface area contributed by atoms with Crippen molar-refractivity contribution < 1.29 is 18.0 Å². The van der Waals surface area contributed by atoms with E-state index in [1.165, 1.54) is 6.07 Å². The van der Waals surface area contributed by atoms with Crippen molar-refractivity contribution in [1.29, 1.82) is 0 Å². The fourth-order valence-corrected chi connectivity index (χ4v) is 1.90. The normalized spacial score (nSPS) is 11.1. The molecule has 2 rings (SSSR count). The van der Waals surface area contributed by atoms with Crippen molar-refractivity contribution >= 4 is 23.1 Å². The van der Waals surface area contributed by atoms with Crippen molar-refractivity contribution in [2.45, 2.75) is 13.1 Å². The van der Waals surface area contributed by atoms with E-state index in [1.807, 2.05) is 13.0 Å². The molecule has 0 spiro atoms. The molecular formula is C15H14F3N3O. The van der Waals surface area contributed by atoms with Gasteiger partial charge >= 0.3 is 12.2 Å². The maximum Gasteiger partial charge on any atom is 0.418 e. The molecule has 0 aromatic heterocycles. The second-order valence-corrected chi connectivity index (χ2v) is 4.75. The SMILES string of the molecule is Cc1cccc(NC(=O)Nc2ccc(N)c(C(F)(F)F)c2)c1. The van der Waals surface area contributed by atoms with Gasteiger partial charge in [0.25, 0.3) is 0 Å². The molecule has 0 heterocycles. The Labute approximate surface area is 125 Å². The second kappa shape index (κ2) is 5.97. The molecule has 0 aliphatic heterocycles. The van der Waals surface area contributed by atoms with Crippen molar-refractivity contribution in [3.05, 3.63) is 53.6 Å². The third-order valence-corrected chi connectivity index (χ3v) is 2.89. The summed E-state index contributed by atoms with van der Waals surface area (Å²) in [7, 11) is 0. The fraction of sp³-hybridized carbons (Fsp3) is 0.133. The number of alkyl halides is 3. The lowest BCUT2D eigenvalue weighted by Gasteiger charge is -2.13. The number of aryl methyl sites for hydroxylation is 1. The number of nitrogens with one attached hydrogen (secondary N) is 2. The van der Waals surface area contributed by atoms with Gasteiger partial charge in [0.15, 0.2) is 0 Å². The first kappa shape index (κ1) is 15.7. The number of rotatable bonds is 2. The van der Waals surface area contributed by atoms with E-state index >= 15 is 0 Å². The minimum atomic E-state index is -4.57. The highest BCUT2D eigenvalue weighted by Crippen LogP contribution is 2.35. The molecule has 0 saturated carbocycles. The molecule has 0 fully saturated rings. The highest BCUT2D eigenvalue weighted by Gasteiger charge is 2.33. The Morgan fingerprint density at radius 2 is 1.68 bits per heavy atom. The summed E-state index contributed by atoms with van der Waals surface area (Å²) in [5.41, 5.74) is 5.42. The summed E-state index contributed by atoms with van der Waals surface area (Å²) in [5, 5.41) is 4.89. The third-order valence-electron chi connectivity index (χ3n) is 2.89. The van der Waals surface area contributed by atoms with Crippen LogP contribution in [0.2, 0.25) is 0 Å². The molecule has 0 aliphatic carbocycles. The van der Waals surface area contributed by atoms with Gasteiger partial charge in [-0.05, 0) is 42.8 Å². The zero-order valence-corrected chi connectivity index (χ0v) is 11.7. The molecule has 0 atom stereocenters. The Bertz CT molecular complexity index is 699. The smallest absolute Gasteiger partial charge is 0.398 e. The van der Waals surface area contributed by atoms with E-state index < -0.39 is 23.5 Å². The van der Waals surface area contributed by atoms with Gasteiger partial charge in [-0.1, -0.05) is 12.1 Å². The lowest BCUT2D eigenvalue weighted by atomic mass is 10.1. The van der Waals surface area contributed by atoms with Gasteiger partial charge in [-0.25, -0.2) is 4.79 Å². The molecule has 2 aromatic rings. The van der Waals surface area contributed by atoms with Gasteiger partial charge in [-0.15, -0.1) is 0 Å². The Kier molecular flexibility index (Phi) is 4.25. The van der Waals surface area contributed by atoms with Crippen LogP contribution in [-0.4, -0.2) is 6.03 Å². The Morgan fingerprint density at radius 3 is 2.27 bits per heavy atom. The van der Waals surface area contributed by atoms with Gasteiger partial charge < -0.3 is 16.4 Å². The maximum atomic E-state index is 12.7. The average Bonchev–Trinajstić information content (AvgIpc) is 2.39. The Morgan fingerprint density at radius 1 is 1.05 bits per heavy atom. The predicted molar refractivity (Wildman–Crippen MR) is 79.7 cm³/mol. The molecule has 116 valence electrons. The van der Waals surface area contributed by atoms with Crippen LogP contribution in [0.4, 0.5) is 35.0 Å². The van der Waals surface area contributed by atoms with Crippen LogP contribution in [0.5, 0.6) is 0 Å². The first-order valence-electron chi connectivity index (χ1n) is 6.37. The van der Waals surface area contributed by atoms with Crippen molar-refractivity contribution in [3.63, 3.8) is 0 Å². The van der Waals surface area contributed by atoms with Crippen molar-refractivity contribution in [2.75, 3.05) is 16.4 Å². The number of amides is 2. The van der Waals surface area contributed by atoms with E-state index in [-0.39, 0.29) is 5.69 Å². The molecule has 2 aromatic carbocycles. The minimum Gasteiger partial charge on any atom is -0.398 e. The summed E-state index contributed by atoms with van der Waals surface area (Å²) in [6.45, 7) is 1.86. The summed E-state index contributed by atoms with van der Waals surface area (Å²) in [6.07, 6.45) is -4.57. The molecule has 0 aliphatic rings. The van der Waals surface area contributed by atoms with Gasteiger partial charge in [0, 0.05) is 17.1 Å². The standard InChI is InChI=1S/C15H14F3N3O/c1-9-3-2-4-10(7-9)20-14(22)21-11-5-6-13(19)12(8-11)15(16,17)18/h2-8H,19H2,1H3,(H2,20,21,22). The molecule has 0 unspecified atom stereocenters. The highest BCUT2D eigenvalue weighted by atomic mass is 19.4. The maximum absolute atomic E-state index is 12.7. The molecule has 0 saturated heterocycles. The van der Waals surface area contributed by atoms with Gasteiger partial charge in [-0.3, -0.25) is 0 Å². The van der Waals surface area contributed by atoms with Crippen LogP contribution in [0.25, 0.3) is 0 Å². The van der Waals surface area contributed by atoms with Crippen LogP contribution in [-0.2, 0) is 6.18 Å². The van der Waals surface area contributed by atoms with Crippen LogP contribution in [0.1, 0.15) is 11.1 Å². The lowest BCUT2D eigenvalue weighted by molar-refractivity contribution is -0.136. The molecule has 2 amide bonds. The number of carbonyl (C=O) groups excluding carboxylic acids is 1. The largest absolute Gasteiger partial charge is 0.418 e. The molecule has 0 radical (unpaired) electrons. The number of nitrogens with two attached hydrogens (primary N) is 1. The van der Waals surface area contributed by atoms with Crippen LogP contribution < -0.4 is 16.4 Å². The van der Waals surface area contributed by atoms with Crippen LogP contribution in [0.15, 0.2) is 42.5 Å². The highest BCUT2D eigenvalue weighted by molar-refractivity contribution is 5.99. The van der Waals surface area contributed by atoms with E-state index in [1.54, 1.807) is 18.2 Å². The summed E-state index contributed by atoms with van der Waals surface area (Å²) in [5.74, 6) is 0. The van der Waals surface area contributed by atoms with Crippen LogP contribution >= 0.6 is 0 Å². The van der Waals surface area contributed by atoms with Crippen LogP contribution in [0, 0.1) is 6.92 Å². The topological polar surface area (TPSA) is 67.2 Å².